The Morgan fingerprint density at radius 1 is 1.29 bits per heavy atom. The molecular formula is C16H21F2IN4S. The highest BCUT2D eigenvalue weighted by atomic mass is 127. The van der Waals surface area contributed by atoms with Crippen molar-refractivity contribution in [3.63, 3.8) is 0 Å². The zero-order valence-corrected chi connectivity index (χ0v) is 16.8. The molecule has 0 spiro atoms. The van der Waals surface area contributed by atoms with Crippen molar-refractivity contribution in [2.24, 2.45) is 4.99 Å². The summed E-state index contributed by atoms with van der Waals surface area (Å²) in [6.07, 6.45) is 1.82. The van der Waals surface area contributed by atoms with Gasteiger partial charge in [-0.3, -0.25) is 4.99 Å². The minimum Gasteiger partial charge on any atom is -0.356 e. The number of benzene rings is 1. The molecule has 4 nitrogen and oxygen atoms in total. The predicted molar refractivity (Wildman–Crippen MR) is 105 cm³/mol. The Kier molecular flexibility index (Phi) is 9.12. The van der Waals surface area contributed by atoms with E-state index in [0.29, 0.717) is 5.96 Å². The summed E-state index contributed by atoms with van der Waals surface area (Å²) < 4.78 is 26.7. The third kappa shape index (κ3) is 6.68. The van der Waals surface area contributed by atoms with Gasteiger partial charge in [-0.1, -0.05) is 0 Å². The fraction of sp³-hybridized carbons (Fsp3) is 0.375. The summed E-state index contributed by atoms with van der Waals surface area (Å²) in [6.45, 7) is 2.88. The Balaban J connectivity index is 0.00000288. The van der Waals surface area contributed by atoms with Crippen molar-refractivity contribution in [1.82, 2.24) is 15.6 Å². The zero-order chi connectivity index (χ0) is 16.7. The second-order valence-electron chi connectivity index (χ2n) is 5.07. The number of thiazole rings is 1. The molecule has 1 heterocycles. The van der Waals surface area contributed by atoms with E-state index in [9.17, 15) is 8.78 Å². The molecule has 132 valence electrons. The third-order valence-electron chi connectivity index (χ3n) is 3.20. The molecule has 2 rings (SSSR count). The molecule has 8 heteroatoms. The van der Waals surface area contributed by atoms with Gasteiger partial charge in [-0.05, 0) is 31.5 Å². The van der Waals surface area contributed by atoms with Crippen LogP contribution in [0.5, 0.6) is 0 Å². The lowest BCUT2D eigenvalue weighted by molar-refractivity contribution is 0.581. The van der Waals surface area contributed by atoms with E-state index in [-0.39, 0.29) is 36.1 Å². The molecule has 2 aromatic rings. The lowest BCUT2D eigenvalue weighted by atomic mass is 10.2. The van der Waals surface area contributed by atoms with Gasteiger partial charge in [-0.25, -0.2) is 13.8 Å². The fourth-order valence-corrected chi connectivity index (χ4v) is 2.86. The van der Waals surface area contributed by atoms with Gasteiger partial charge in [0, 0.05) is 43.2 Å². The number of nitrogens with zero attached hydrogens (tertiary/aromatic N) is 2. The molecule has 2 N–H and O–H groups in total. The van der Waals surface area contributed by atoms with Gasteiger partial charge < -0.3 is 10.6 Å². The number of rotatable bonds is 6. The average Bonchev–Trinajstić information content (AvgIpc) is 2.95. The third-order valence-corrected chi connectivity index (χ3v) is 4.23. The second-order valence-corrected chi connectivity index (χ2v) is 6.02. The quantitative estimate of drug-likeness (QED) is 0.296. The highest BCUT2D eigenvalue weighted by Gasteiger charge is 2.05. The van der Waals surface area contributed by atoms with Crippen LogP contribution in [-0.4, -0.2) is 24.5 Å². The van der Waals surface area contributed by atoms with Gasteiger partial charge in [0.25, 0.3) is 0 Å². The number of nitrogens with one attached hydrogen (secondary N) is 2. The molecule has 0 saturated carbocycles. The first-order valence-electron chi connectivity index (χ1n) is 7.38. The van der Waals surface area contributed by atoms with Crippen molar-refractivity contribution in [3.8, 4) is 0 Å². The molecule has 0 unspecified atom stereocenters. The van der Waals surface area contributed by atoms with Crippen LogP contribution >= 0.6 is 35.3 Å². The molecule has 0 fully saturated rings. The van der Waals surface area contributed by atoms with E-state index in [4.69, 9.17) is 0 Å². The maximum absolute atomic E-state index is 13.5. The van der Waals surface area contributed by atoms with Gasteiger partial charge in [0.1, 0.15) is 11.6 Å². The average molecular weight is 466 g/mol. The summed E-state index contributed by atoms with van der Waals surface area (Å²) in [5.41, 5.74) is 1.32. The standard InChI is InChI=1S/C16H20F2N4S.HI/c1-11-10-23-15(22-11)4-3-7-20-16(19-2)21-9-12-8-13(17)5-6-14(12)18;/h5-6,8,10H,3-4,7,9H2,1-2H3,(H2,19,20,21);1H. The number of hydrogen-bond donors (Lipinski definition) is 2. The first-order chi connectivity index (χ1) is 11.1. The summed E-state index contributed by atoms with van der Waals surface area (Å²) >= 11 is 1.66. The number of guanidine groups is 1. The van der Waals surface area contributed by atoms with Gasteiger partial charge in [-0.2, -0.15) is 0 Å². The molecular weight excluding hydrogens is 445 g/mol. The first kappa shape index (κ1) is 20.8. The number of aryl methyl sites for hydroxylation is 2. The molecule has 24 heavy (non-hydrogen) atoms. The molecule has 0 bridgehead atoms. The normalized spacial score (nSPS) is 11.1. The van der Waals surface area contributed by atoms with Gasteiger partial charge >= 0.3 is 0 Å². The van der Waals surface area contributed by atoms with Crippen molar-refractivity contribution >= 4 is 41.3 Å². The first-order valence-corrected chi connectivity index (χ1v) is 8.26. The van der Waals surface area contributed by atoms with E-state index in [2.05, 4.69) is 20.6 Å². The van der Waals surface area contributed by atoms with Crippen LogP contribution in [0.4, 0.5) is 8.78 Å². The number of aliphatic imine (C=N–C) groups is 1. The van der Waals surface area contributed by atoms with Crippen LogP contribution in [0.3, 0.4) is 0 Å². The van der Waals surface area contributed by atoms with E-state index >= 15 is 0 Å². The van der Waals surface area contributed by atoms with E-state index in [1.807, 2.05) is 12.3 Å². The van der Waals surface area contributed by atoms with Crippen molar-refractivity contribution in [2.75, 3.05) is 13.6 Å². The van der Waals surface area contributed by atoms with E-state index in [0.717, 1.165) is 42.2 Å². The maximum atomic E-state index is 13.5. The van der Waals surface area contributed by atoms with Gasteiger partial charge in [0.05, 0.1) is 5.01 Å². The minimum atomic E-state index is -0.454. The number of aromatic nitrogens is 1. The Bertz CT molecular complexity index is 676. The van der Waals surface area contributed by atoms with E-state index < -0.39 is 11.6 Å². The van der Waals surface area contributed by atoms with Crippen molar-refractivity contribution in [3.05, 3.63) is 51.5 Å². The van der Waals surface area contributed by atoms with Crippen molar-refractivity contribution < 1.29 is 8.78 Å². The molecule has 0 aliphatic carbocycles. The Hall–Kier alpha value is -1.29. The van der Waals surface area contributed by atoms with Crippen molar-refractivity contribution in [2.45, 2.75) is 26.3 Å². The summed E-state index contributed by atoms with van der Waals surface area (Å²) in [6, 6.07) is 3.41. The highest BCUT2D eigenvalue weighted by Crippen LogP contribution is 2.10. The van der Waals surface area contributed by atoms with E-state index in [1.165, 1.54) is 6.07 Å². The topological polar surface area (TPSA) is 49.3 Å². The largest absolute Gasteiger partial charge is 0.356 e. The van der Waals surface area contributed by atoms with Crippen LogP contribution in [-0.2, 0) is 13.0 Å². The van der Waals surface area contributed by atoms with Gasteiger partial charge in [0.15, 0.2) is 5.96 Å². The summed E-state index contributed by atoms with van der Waals surface area (Å²) in [5, 5.41) is 9.28. The summed E-state index contributed by atoms with van der Waals surface area (Å²) in [7, 11) is 1.64. The van der Waals surface area contributed by atoms with Crippen LogP contribution in [0.2, 0.25) is 0 Å². The highest BCUT2D eigenvalue weighted by molar-refractivity contribution is 14.0. The molecule has 0 saturated heterocycles. The van der Waals surface area contributed by atoms with Crippen molar-refractivity contribution in [1.29, 1.82) is 0 Å². The Morgan fingerprint density at radius 2 is 2.08 bits per heavy atom. The number of hydrogen-bond acceptors (Lipinski definition) is 3. The van der Waals surface area contributed by atoms with Crippen LogP contribution < -0.4 is 10.6 Å². The molecule has 1 aromatic carbocycles. The van der Waals surface area contributed by atoms with Gasteiger partial charge in [-0.15, -0.1) is 35.3 Å². The molecule has 0 aliphatic heterocycles. The van der Waals surface area contributed by atoms with Crippen LogP contribution in [0.15, 0.2) is 28.6 Å². The second kappa shape index (κ2) is 10.5. The fourth-order valence-electron chi connectivity index (χ4n) is 2.04. The summed E-state index contributed by atoms with van der Waals surface area (Å²) in [4.78, 5) is 8.48. The SMILES string of the molecule is CN=C(NCCCc1nc(C)cs1)NCc1cc(F)ccc1F.I. The Labute approximate surface area is 161 Å². The molecule has 0 radical (unpaired) electrons. The number of halogens is 3. The Morgan fingerprint density at radius 3 is 2.75 bits per heavy atom. The molecule has 0 amide bonds. The molecule has 0 aliphatic rings. The summed E-state index contributed by atoms with van der Waals surface area (Å²) in [5.74, 6) is -0.331. The monoisotopic (exact) mass is 466 g/mol. The lowest BCUT2D eigenvalue weighted by Gasteiger charge is -2.12. The minimum absolute atomic E-state index is 0. The predicted octanol–water partition coefficient (Wildman–Crippen LogP) is 3.65. The van der Waals surface area contributed by atoms with Crippen LogP contribution in [0.1, 0.15) is 22.7 Å². The zero-order valence-electron chi connectivity index (χ0n) is 13.6. The molecule has 1 aromatic heterocycles. The molecule has 0 atom stereocenters. The smallest absolute Gasteiger partial charge is 0.191 e. The van der Waals surface area contributed by atoms with E-state index in [1.54, 1.807) is 18.4 Å². The van der Waals surface area contributed by atoms with Gasteiger partial charge in [0.2, 0.25) is 0 Å². The van der Waals surface area contributed by atoms with Crippen LogP contribution in [0.25, 0.3) is 0 Å². The van der Waals surface area contributed by atoms with Crippen LogP contribution in [0, 0.1) is 18.6 Å². The maximum Gasteiger partial charge on any atom is 0.191 e. The lowest BCUT2D eigenvalue weighted by Crippen LogP contribution is -2.37.